The van der Waals surface area contributed by atoms with Crippen molar-refractivity contribution < 1.29 is 28.5 Å². The van der Waals surface area contributed by atoms with Gasteiger partial charge in [0.15, 0.2) is 17.2 Å². The minimum atomic E-state index is -0.534. The Morgan fingerprint density at radius 1 is 1.03 bits per heavy atom. The number of hydrogen-bond acceptors (Lipinski definition) is 7. The molecule has 4 rings (SSSR count). The number of ether oxygens (including phenoxy) is 5. The molecule has 7 nitrogen and oxygen atoms in total. The summed E-state index contributed by atoms with van der Waals surface area (Å²) < 4.78 is 27.1. The summed E-state index contributed by atoms with van der Waals surface area (Å²) in [4.78, 5) is 16.7. The van der Waals surface area contributed by atoms with Crippen molar-refractivity contribution in [1.82, 2.24) is 0 Å². The van der Waals surface area contributed by atoms with Gasteiger partial charge < -0.3 is 23.7 Å². The molecule has 0 unspecified atom stereocenters. The van der Waals surface area contributed by atoms with Crippen LogP contribution in [0.3, 0.4) is 0 Å². The maximum absolute atomic E-state index is 12.3. The number of para-hydroxylation sites is 1. The summed E-state index contributed by atoms with van der Waals surface area (Å²) in [7, 11) is 4.55. The SMILES string of the molecule is COc1cc(C2=N/C(=C\C3=Cc4ccccc4OC3)C(=O)O2)cc(OC)c1OC. The molecule has 0 spiro atoms. The zero-order chi connectivity index (χ0) is 20.4. The number of methoxy groups -OCH3 is 3. The van der Waals surface area contributed by atoms with Crippen LogP contribution in [0.15, 0.2) is 58.7 Å². The normalized spacial score (nSPS) is 16.4. The Morgan fingerprint density at radius 3 is 2.45 bits per heavy atom. The summed E-state index contributed by atoms with van der Waals surface area (Å²) in [6, 6.07) is 11.0. The predicted molar refractivity (Wildman–Crippen MR) is 107 cm³/mol. The van der Waals surface area contributed by atoms with Gasteiger partial charge in [0, 0.05) is 11.1 Å². The first kappa shape index (κ1) is 18.6. The third-order valence-corrected chi connectivity index (χ3v) is 4.51. The van der Waals surface area contributed by atoms with E-state index in [1.165, 1.54) is 21.3 Å². The van der Waals surface area contributed by atoms with Crippen LogP contribution in [0.2, 0.25) is 0 Å². The molecule has 7 heteroatoms. The number of fused-ring (bicyclic) bond motifs is 1. The van der Waals surface area contributed by atoms with Gasteiger partial charge in [-0.2, -0.15) is 0 Å². The Morgan fingerprint density at radius 2 is 1.76 bits per heavy atom. The number of carbonyl (C=O) groups excluding carboxylic acids is 1. The molecule has 0 aromatic heterocycles. The Hall–Kier alpha value is -3.74. The van der Waals surface area contributed by atoms with Crippen LogP contribution in [0.1, 0.15) is 11.1 Å². The Balaban J connectivity index is 1.68. The van der Waals surface area contributed by atoms with Crippen molar-refractivity contribution in [3.05, 3.63) is 64.9 Å². The van der Waals surface area contributed by atoms with Gasteiger partial charge in [-0.05, 0) is 35.9 Å². The third-order valence-electron chi connectivity index (χ3n) is 4.51. The van der Waals surface area contributed by atoms with Crippen molar-refractivity contribution in [1.29, 1.82) is 0 Å². The molecule has 2 aromatic carbocycles. The number of rotatable bonds is 5. The van der Waals surface area contributed by atoms with Crippen molar-refractivity contribution in [3.8, 4) is 23.0 Å². The summed E-state index contributed by atoms with van der Waals surface area (Å²) in [5, 5.41) is 0. The molecule has 148 valence electrons. The molecule has 0 bridgehead atoms. The van der Waals surface area contributed by atoms with Crippen LogP contribution >= 0.6 is 0 Å². The first-order valence-electron chi connectivity index (χ1n) is 8.88. The summed E-state index contributed by atoms with van der Waals surface area (Å²) >= 11 is 0. The average Bonchev–Trinajstić information content (AvgIpc) is 3.12. The van der Waals surface area contributed by atoms with Gasteiger partial charge in [0.1, 0.15) is 12.4 Å². The Labute approximate surface area is 167 Å². The number of esters is 1. The summed E-state index contributed by atoms with van der Waals surface area (Å²) in [6.07, 6.45) is 3.63. The summed E-state index contributed by atoms with van der Waals surface area (Å²) in [6.45, 7) is 0.350. The van der Waals surface area contributed by atoms with Gasteiger partial charge in [0.05, 0.1) is 21.3 Å². The summed E-state index contributed by atoms with van der Waals surface area (Å²) in [5.41, 5.74) is 2.51. The lowest BCUT2D eigenvalue weighted by atomic mass is 10.1. The summed E-state index contributed by atoms with van der Waals surface area (Å²) in [5.74, 6) is 1.77. The van der Waals surface area contributed by atoms with Crippen LogP contribution in [0.5, 0.6) is 23.0 Å². The monoisotopic (exact) mass is 393 g/mol. The molecule has 0 radical (unpaired) electrons. The van der Waals surface area contributed by atoms with E-state index < -0.39 is 5.97 Å². The highest BCUT2D eigenvalue weighted by molar-refractivity contribution is 6.11. The topological polar surface area (TPSA) is 75.6 Å². The van der Waals surface area contributed by atoms with E-state index in [1.807, 2.05) is 30.3 Å². The fraction of sp³-hybridized carbons (Fsp3) is 0.182. The molecule has 0 atom stereocenters. The first-order chi connectivity index (χ1) is 14.1. The van der Waals surface area contributed by atoms with Crippen LogP contribution in [-0.4, -0.2) is 39.8 Å². The van der Waals surface area contributed by atoms with E-state index in [9.17, 15) is 4.79 Å². The van der Waals surface area contributed by atoms with Crippen LogP contribution in [0, 0.1) is 0 Å². The molecule has 2 heterocycles. The fourth-order valence-corrected chi connectivity index (χ4v) is 3.13. The molecular formula is C22H19NO6. The fourth-order valence-electron chi connectivity index (χ4n) is 3.13. The first-order valence-corrected chi connectivity index (χ1v) is 8.88. The molecule has 0 N–H and O–H groups in total. The average molecular weight is 393 g/mol. The van der Waals surface area contributed by atoms with Gasteiger partial charge in [-0.3, -0.25) is 0 Å². The number of benzene rings is 2. The van der Waals surface area contributed by atoms with Crippen molar-refractivity contribution in [2.24, 2.45) is 4.99 Å². The van der Waals surface area contributed by atoms with E-state index in [2.05, 4.69) is 4.99 Å². The number of aliphatic imine (C=N–C) groups is 1. The van der Waals surface area contributed by atoms with Crippen LogP contribution in [0.4, 0.5) is 0 Å². The van der Waals surface area contributed by atoms with Crippen molar-refractivity contribution in [2.45, 2.75) is 0 Å². The van der Waals surface area contributed by atoms with Gasteiger partial charge in [-0.15, -0.1) is 0 Å². The van der Waals surface area contributed by atoms with Gasteiger partial charge in [0.25, 0.3) is 0 Å². The lowest BCUT2D eigenvalue weighted by Crippen LogP contribution is -2.08. The second-order valence-corrected chi connectivity index (χ2v) is 6.30. The Bertz CT molecular complexity index is 1040. The highest BCUT2D eigenvalue weighted by Crippen LogP contribution is 2.39. The second-order valence-electron chi connectivity index (χ2n) is 6.30. The van der Waals surface area contributed by atoms with E-state index in [-0.39, 0.29) is 11.6 Å². The number of carbonyl (C=O) groups is 1. The zero-order valence-corrected chi connectivity index (χ0v) is 16.2. The molecular weight excluding hydrogens is 374 g/mol. The van der Waals surface area contributed by atoms with Gasteiger partial charge in [0.2, 0.25) is 11.6 Å². The molecule has 29 heavy (non-hydrogen) atoms. The quantitative estimate of drug-likeness (QED) is 0.573. The largest absolute Gasteiger partial charge is 0.493 e. The lowest BCUT2D eigenvalue weighted by Gasteiger charge is -2.15. The van der Waals surface area contributed by atoms with Crippen molar-refractivity contribution >= 4 is 17.9 Å². The maximum Gasteiger partial charge on any atom is 0.363 e. The minimum Gasteiger partial charge on any atom is -0.493 e. The van der Waals surface area contributed by atoms with E-state index in [1.54, 1.807) is 18.2 Å². The van der Waals surface area contributed by atoms with Gasteiger partial charge in [-0.1, -0.05) is 18.2 Å². The van der Waals surface area contributed by atoms with E-state index in [0.29, 0.717) is 29.4 Å². The zero-order valence-electron chi connectivity index (χ0n) is 16.2. The maximum atomic E-state index is 12.3. The van der Waals surface area contributed by atoms with Crippen molar-refractivity contribution in [2.75, 3.05) is 27.9 Å². The number of cyclic esters (lactones) is 1. The number of hydrogen-bond donors (Lipinski definition) is 0. The standard InChI is InChI=1S/C22H19NO6/c1-25-18-10-15(11-19(26-2)20(18)27-3)21-23-16(22(24)29-21)9-13-8-14-6-4-5-7-17(14)28-12-13/h4-11H,12H2,1-3H3/b16-9-. The highest BCUT2D eigenvalue weighted by Gasteiger charge is 2.27. The molecule has 0 amide bonds. The third kappa shape index (κ3) is 3.54. The van der Waals surface area contributed by atoms with Crippen LogP contribution in [0.25, 0.3) is 6.08 Å². The minimum absolute atomic E-state index is 0.165. The highest BCUT2D eigenvalue weighted by atomic mass is 16.6. The van der Waals surface area contributed by atoms with Gasteiger partial charge >= 0.3 is 5.97 Å². The molecule has 0 saturated carbocycles. The van der Waals surface area contributed by atoms with Crippen LogP contribution in [-0.2, 0) is 9.53 Å². The number of nitrogens with zero attached hydrogens (tertiary/aromatic N) is 1. The molecule has 0 saturated heterocycles. The van der Waals surface area contributed by atoms with Crippen LogP contribution < -0.4 is 18.9 Å². The van der Waals surface area contributed by atoms with Gasteiger partial charge in [-0.25, -0.2) is 9.79 Å². The molecule has 2 aromatic rings. The molecule has 2 aliphatic heterocycles. The van der Waals surface area contributed by atoms with E-state index >= 15 is 0 Å². The molecule has 2 aliphatic rings. The van der Waals surface area contributed by atoms with Crippen molar-refractivity contribution in [3.63, 3.8) is 0 Å². The lowest BCUT2D eigenvalue weighted by molar-refractivity contribution is -0.130. The van der Waals surface area contributed by atoms with E-state index in [4.69, 9.17) is 23.7 Å². The Kier molecular flexibility index (Phi) is 4.95. The van der Waals surface area contributed by atoms with E-state index in [0.717, 1.165) is 16.9 Å². The second kappa shape index (κ2) is 7.71. The predicted octanol–water partition coefficient (Wildman–Crippen LogP) is 3.38. The molecule has 0 fully saturated rings. The molecule has 0 aliphatic carbocycles. The smallest absolute Gasteiger partial charge is 0.363 e.